The Morgan fingerprint density at radius 2 is 2.06 bits per heavy atom. The van der Waals surface area contributed by atoms with E-state index in [-0.39, 0.29) is 5.95 Å². The van der Waals surface area contributed by atoms with Crippen LogP contribution in [0, 0.1) is 4.77 Å². The lowest BCUT2D eigenvalue weighted by Gasteiger charge is -2.08. The van der Waals surface area contributed by atoms with Gasteiger partial charge in [-0.1, -0.05) is 23.2 Å². The molecule has 0 radical (unpaired) electrons. The Morgan fingerprint density at radius 1 is 1.38 bits per heavy atom. The third-order valence-electron chi connectivity index (χ3n) is 1.95. The SMILES string of the molecule is Nc1n[nH]c(=S)n1-c1ccc(Br)c(Cl)c1Cl. The van der Waals surface area contributed by atoms with Gasteiger partial charge in [0.05, 0.1) is 15.7 Å². The van der Waals surface area contributed by atoms with Crippen molar-refractivity contribution in [2.45, 2.75) is 0 Å². The molecule has 0 fully saturated rings. The second-order valence-electron chi connectivity index (χ2n) is 2.92. The van der Waals surface area contributed by atoms with E-state index in [0.717, 1.165) is 0 Å². The van der Waals surface area contributed by atoms with Gasteiger partial charge in [0.1, 0.15) is 0 Å². The number of benzene rings is 1. The number of hydrogen-bond acceptors (Lipinski definition) is 3. The fourth-order valence-corrected chi connectivity index (χ4v) is 2.32. The highest BCUT2D eigenvalue weighted by Crippen LogP contribution is 2.35. The molecule has 8 heteroatoms. The number of nitrogen functional groups attached to an aromatic ring is 1. The Kier molecular flexibility index (Phi) is 3.25. The summed E-state index contributed by atoms with van der Waals surface area (Å²) in [6, 6.07) is 3.51. The molecule has 1 heterocycles. The Hall–Kier alpha value is -0.560. The molecular formula is C8H5BrCl2N4S. The van der Waals surface area contributed by atoms with Gasteiger partial charge < -0.3 is 5.73 Å². The van der Waals surface area contributed by atoms with Crippen LogP contribution >= 0.6 is 51.3 Å². The molecule has 84 valence electrons. The highest BCUT2D eigenvalue weighted by molar-refractivity contribution is 9.10. The summed E-state index contributed by atoms with van der Waals surface area (Å²) in [5.74, 6) is 0.227. The molecule has 16 heavy (non-hydrogen) atoms. The van der Waals surface area contributed by atoms with Gasteiger partial charge in [0.25, 0.3) is 0 Å². The molecule has 0 saturated heterocycles. The summed E-state index contributed by atoms with van der Waals surface area (Å²) in [4.78, 5) is 0. The molecule has 1 aromatic carbocycles. The van der Waals surface area contributed by atoms with Crippen molar-refractivity contribution < 1.29 is 0 Å². The Balaban J connectivity index is 2.76. The van der Waals surface area contributed by atoms with E-state index in [0.29, 0.717) is 25.0 Å². The molecule has 0 aliphatic rings. The molecule has 0 aliphatic carbocycles. The van der Waals surface area contributed by atoms with E-state index in [1.807, 2.05) is 0 Å². The highest BCUT2D eigenvalue weighted by Gasteiger charge is 2.13. The summed E-state index contributed by atoms with van der Waals surface area (Å²) in [5, 5.41) is 7.14. The summed E-state index contributed by atoms with van der Waals surface area (Å²) in [5.41, 5.74) is 6.26. The third-order valence-corrected chi connectivity index (χ3v) is 3.99. The van der Waals surface area contributed by atoms with Gasteiger partial charge in [-0.2, -0.15) is 0 Å². The van der Waals surface area contributed by atoms with Crippen molar-refractivity contribution in [3.8, 4) is 5.69 Å². The smallest absolute Gasteiger partial charge is 0.225 e. The molecule has 0 atom stereocenters. The second-order valence-corrected chi connectivity index (χ2v) is 4.91. The Morgan fingerprint density at radius 3 is 2.62 bits per heavy atom. The first-order chi connectivity index (χ1) is 7.52. The zero-order valence-corrected chi connectivity index (χ0v) is 11.6. The first kappa shape index (κ1) is 11.9. The molecule has 0 amide bonds. The second kappa shape index (κ2) is 4.37. The van der Waals surface area contributed by atoms with Crippen LogP contribution in [0.1, 0.15) is 0 Å². The maximum absolute atomic E-state index is 6.11. The number of anilines is 1. The number of aromatic nitrogens is 3. The molecule has 2 aromatic rings. The van der Waals surface area contributed by atoms with Crippen molar-refractivity contribution in [2.24, 2.45) is 0 Å². The van der Waals surface area contributed by atoms with Gasteiger partial charge in [0.15, 0.2) is 0 Å². The summed E-state index contributed by atoms with van der Waals surface area (Å²) in [6.07, 6.45) is 0. The van der Waals surface area contributed by atoms with Gasteiger partial charge in [-0.25, -0.2) is 5.10 Å². The number of aromatic amines is 1. The molecular weight excluding hydrogens is 335 g/mol. The van der Waals surface area contributed by atoms with E-state index in [1.54, 1.807) is 12.1 Å². The summed E-state index contributed by atoms with van der Waals surface area (Å²) < 4.78 is 2.57. The summed E-state index contributed by atoms with van der Waals surface area (Å²) in [6.45, 7) is 0. The minimum Gasteiger partial charge on any atom is -0.368 e. The molecule has 2 rings (SSSR count). The molecule has 3 N–H and O–H groups in total. The fourth-order valence-electron chi connectivity index (χ4n) is 1.23. The number of hydrogen-bond donors (Lipinski definition) is 2. The lowest BCUT2D eigenvalue weighted by atomic mass is 10.3. The molecule has 1 aromatic heterocycles. The molecule has 0 unspecified atom stereocenters. The van der Waals surface area contributed by atoms with E-state index < -0.39 is 0 Å². The van der Waals surface area contributed by atoms with Gasteiger partial charge in [0, 0.05) is 4.47 Å². The minimum absolute atomic E-state index is 0.227. The highest BCUT2D eigenvalue weighted by atomic mass is 79.9. The number of nitrogens with zero attached hydrogens (tertiary/aromatic N) is 2. The molecule has 0 aliphatic heterocycles. The monoisotopic (exact) mass is 338 g/mol. The topological polar surface area (TPSA) is 59.6 Å². The average molecular weight is 340 g/mol. The van der Waals surface area contributed by atoms with Crippen LogP contribution in [0.25, 0.3) is 5.69 Å². The normalized spacial score (nSPS) is 10.7. The maximum atomic E-state index is 6.11. The van der Waals surface area contributed by atoms with Gasteiger partial charge >= 0.3 is 0 Å². The largest absolute Gasteiger partial charge is 0.368 e. The molecule has 0 spiro atoms. The van der Waals surface area contributed by atoms with Crippen LogP contribution in [-0.4, -0.2) is 14.8 Å². The van der Waals surface area contributed by atoms with E-state index in [2.05, 4.69) is 26.1 Å². The lowest BCUT2D eigenvalue weighted by Crippen LogP contribution is -2.01. The first-order valence-electron chi connectivity index (χ1n) is 4.09. The van der Waals surface area contributed by atoms with E-state index >= 15 is 0 Å². The number of halogens is 3. The third kappa shape index (κ3) is 1.86. The first-order valence-corrected chi connectivity index (χ1v) is 6.05. The van der Waals surface area contributed by atoms with Gasteiger partial charge in [-0.05, 0) is 40.3 Å². The van der Waals surface area contributed by atoms with Gasteiger partial charge in [0.2, 0.25) is 10.7 Å². The Bertz CT molecular complexity index is 607. The van der Waals surface area contributed by atoms with Crippen molar-refractivity contribution in [1.29, 1.82) is 0 Å². The summed E-state index contributed by atoms with van der Waals surface area (Å²) in [7, 11) is 0. The van der Waals surface area contributed by atoms with E-state index in [4.69, 9.17) is 41.2 Å². The number of rotatable bonds is 1. The predicted octanol–water partition coefficient (Wildman–Crippen LogP) is 3.58. The van der Waals surface area contributed by atoms with Crippen LogP contribution in [0.3, 0.4) is 0 Å². The number of nitrogens with two attached hydrogens (primary N) is 1. The van der Waals surface area contributed by atoms with E-state index in [9.17, 15) is 0 Å². The van der Waals surface area contributed by atoms with E-state index in [1.165, 1.54) is 4.57 Å². The number of nitrogens with one attached hydrogen (secondary N) is 1. The molecule has 0 saturated carbocycles. The van der Waals surface area contributed by atoms with Gasteiger partial charge in [-0.15, -0.1) is 5.10 Å². The quantitative estimate of drug-likeness (QED) is 0.616. The van der Waals surface area contributed by atoms with Crippen LogP contribution in [0.4, 0.5) is 5.95 Å². The van der Waals surface area contributed by atoms with Gasteiger partial charge in [-0.3, -0.25) is 4.57 Å². The van der Waals surface area contributed by atoms with Crippen LogP contribution < -0.4 is 5.73 Å². The maximum Gasteiger partial charge on any atom is 0.225 e. The van der Waals surface area contributed by atoms with Crippen LogP contribution in [-0.2, 0) is 0 Å². The van der Waals surface area contributed by atoms with Crippen molar-refractivity contribution in [1.82, 2.24) is 14.8 Å². The van der Waals surface area contributed by atoms with Crippen molar-refractivity contribution >= 4 is 57.3 Å². The van der Waals surface area contributed by atoms with Crippen molar-refractivity contribution in [3.05, 3.63) is 31.4 Å². The Labute approximate surface area is 114 Å². The van der Waals surface area contributed by atoms with Crippen LogP contribution in [0.5, 0.6) is 0 Å². The lowest BCUT2D eigenvalue weighted by molar-refractivity contribution is 1.04. The molecule has 4 nitrogen and oxygen atoms in total. The predicted molar refractivity (Wildman–Crippen MR) is 70.9 cm³/mol. The minimum atomic E-state index is 0.227. The van der Waals surface area contributed by atoms with Crippen molar-refractivity contribution in [3.63, 3.8) is 0 Å². The fraction of sp³-hybridized carbons (Fsp3) is 0. The zero-order chi connectivity index (χ0) is 11.9. The van der Waals surface area contributed by atoms with Crippen LogP contribution in [0.15, 0.2) is 16.6 Å². The summed E-state index contributed by atoms with van der Waals surface area (Å²) >= 11 is 20.4. The number of H-pyrrole nitrogens is 1. The standard InChI is InChI=1S/C8H5BrCl2N4S/c9-3-1-2-4(6(11)5(3)10)15-7(12)13-14-8(15)16/h1-2H,(H2,12,13)(H,14,16). The average Bonchev–Trinajstić information content (AvgIpc) is 2.57. The van der Waals surface area contributed by atoms with Crippen LogP contribution in [0.2, 0.25) is 10.0 Å². The zero-order valence-electron chi connectivity index (χ0n) is 7.67. The molecule has 0 bridgehead atoms. The van der Waals surface area contributed by atoms with Crippen molar-refractivity contribution in [2.75, 3.05) is 5.73 Å².